The molecule has 0 bridgehead atoms. The maximum atomic E-state index is 14.1. The van der Waals surface area contributed by atoms with E-state index in [-0.39, 0.29) is 52.6 Å². The van der Waals surface area contributed by atoms with Crippen molar-refractivity contribution in [1.29, 1.82) is 0 Å². The molecule has 4 heterocycles. The average Bonchev–Trinajstić information content (AvgIpc) is 3.62. The zero-order valence-electron chi connectivity index (χ0n) is 23.5. The second-order valence-electron chi connectivity index (χ2n) is 12.7. The van der Waals surface area contributed by atoms with Crippen molar-refractivity contribution in [3.05, 3.63) is 15.8 Å². The molecular formula is C29H42N2O7S. The maximum absolute atomic E-state index is 14.1. The zero-order chi connectivity index (χ0) is 27.9. The molecule has 1 aromatic rings. The molecule has 1 aromatic heterocycles. The number of piperidine rings is 1. The van der Waals surface area contributed by atoms with Gasteiger partial charge in [-0.2, -0.15) is 0 Å². The zero-order valence-corrected chi connectivity index (χ0v) is 24.3. The van der Waals surface area contributed by atoms with E-state index < -0.39 is 5.97 Å². The number of nitrogens with zero attached hydrogens (tertiary/aromatic N) is 2. The lowest BCUT2D eigenvalue weighted by Gasteiger charge is -2.40. The number of hydrogen-bond donors (Lipinski definition) is 1. The SMILES string of the molecule is CC(C)(C)c1cc(N(C(=O)[C@H]2CC[C@H](C)CC2)C2CCN(C(=O)O[C@H]3CO[C@H]4OCC[C@H]43)CC2)c(C(=O)O)s1. The van der Waals surface area contributed by atoms with E-state index in [0.29, 0.717) is 50.8 Å². The minimum absolute atomic E-state index is 0.0269. The fraction of sp³-hybridized carbons (Fsp3) is 0.759. The molecule has 0 radical (unpaired) electrons. The lowest BCUT2D eigenvalue weighted by molar-refractivity contribution is -0.124. The van der Waals surface area contributed by atoms with Gasteiger partial charge < -0.3 is 29.1 Å². The molecule has 3 saturated heterocycles. The van der Waals surface area contributed by atoms with E-state index in [1.807, 2.05) is 6.07 Å². The Morgan fingerprint density at radius 3 is 2.38 bits per heavy atom. The third kappa shape index (κ3) is 5.98. The van der Waals surface area contributed by atoms with E-state index >= 15 is 0 Å². The minimum Gasteiger partial charge on any atom is -0.477 e. The maximum Gasteiger partial charge on any atom is 0.410 e. The Hall–Kier alpha value is -2.17. The highest BCUT2D eigenvalue weighted by atomic mass is 32.1. The monoisotopic (exact) mass is 562 g/mol. The molecule has 0 aromatic carbocycles. The van der Waals surface area contributed by atoms with Crippen molar-refractivity contribution in [3.63, 3.8) is 0 Å². The number of likely N-dealkylation sites (tertiary alicyclic amines) is 1. The Balaban J connectivity index is 1.33. The summed E-state index contributed by atoms with van der Waals surface area (Å²) >= 11 is 1.26. The summed E-state index contributed by atoms with van der Waals surface area (Å²) in [5, 5.41) is 10.1. The molecule has 216 valence electrons. The number of carboxylic acid groups (broad SMARTS) is 1. The largest absolute Gasteiger partial charge is 0.477 e. The van der Waals surface area contributed by atoms with Crippen molar-refractivity contribution in [2.75, 3.05) is 31.2 Å². The predicted molar refractivity (Wildman–Crippen MR) is 147 cm³/mol. The molecule has 2 amide bonds. The van der Waals surface area contributed by atoms with Crippen molar-refractivity contribution in [2.45, 2.75) is 96.5 Å². The summed E-state index contributed by atoms with van der Waals surface area (Å²) in [6.45, 7) is 10.3. The van der Waals surface area contributed by atoms with Gasteiger partial charge in [0.1, 0.15) is 11.0 Å². The second kappa shape index (κ2) is 11.4. The number of carboxylic acids is 1. The fourth-order valence-corrected chi connectivity index (χ4v) is 7.39. The van der Waals surface area contributed by atoms with Crippen molar-refractivity contribution in [3.8, 4) is 0 Å². The number of hydrogen-bond acceptors (Lipinski definition) is 7. The summed E-state index contributed by atoms with van der Waals surface area (Å²) in [5.41, 5.74) is 0.278. The molecule has 9 nitrogen and oxygen atoms in total. The van der Waals surface area contributed by atoms with Crippen LogP contribution in [0.5, 0.6) is 0 Å². The topological polar surface area (TPSA) is 106 Å². The van der Waals surface area contributed by atoms with Crippen LogP contribution in [0.25, 0.3) is 0 Å². The quantitative estimate of drug-likeness (QED) is 0.521. The lowest BCUT2D eigenvalue weighted by Crippen LogP contribution is -2.51. The van der Waals surface area contributed by atoms with Crippen LogP contribution in [0.15, 0.2) is 6.07 Å². The molecule has 1 saturated carbocycles. The second-order valence-corrected chi connectivity index (χ2v) is 13.8. The molecule has 0 unspecified atom stereocenters. The molecule has 3 aliphatic heterocycles. The Kier molecular flexibility index (Phi) is 8.27. The van der Waals surface area contributed by atoms with E-state index in [0.717, 1.165) is 37.0 Å². The van der Waals surface area contributed by atoms with E-state index in [4.69, 9.17) is 14.2 Å². The molecule has 0 spiro atoms. The number of ether oxygens (including phenoxy) is 3. The number of amides is 2. The first-order valence-corrected chi connectivity index (χ1v) is 15.2. The number of aromatic carboxylic acids is 1. The third-order valence-electron chi connectivity index (χ3n) is 8.83. The Labute approximate surface area is 234 Å². The molecule has 1 aliphatic carbocycles. The Bertz CT molecular complexity index is 1070. The van der Waals surface area contributed by atoms with Gasteiger partial charge in [0.2, 0.25) is 5.91 Å². The van der Waals surface area contributed by atoms with E-state index in [9.17, 15) is 19.5 Å². The number of carbonyl (C=O) groups is 3. The van der Waals surface area contributed by atoms with Gasteiger partial charge in [0.05, 0.1) is 24.8 Å². The molecule has 39 heavy (non-hydrogen) atoms. The van der Waals surface area contributed by atoms with Crippen LogP contribution in [0.2, 0.25) is 0 Å². The van der Waals surface area contributed by atoms with Gasteiger partial charge in [-0.3, -0.25) is 4.79 Å². The summed E-state index contributed by atoms with van der Waals surface area (Å²) in [7, 11) is 0. The first-order valence-electron chi connectivity index (χ1n) is 14.4. The molecule has 3 atom stereocenters. The number of rotatable bonds is 5. The lowest BCUT2D eigenvalue weighted by atomic mass is 9.82. The van der Waals surface area contributed by atoms with Crippen molar-refractivity contribution in [2.24, 2.45) is 17.8 Å². The van der Waals surface area contributed by atoms with Gasteiger partial charge in [0.25, 0.3) is 0 Å². The molecule has 1 N–H and O–H groups in total. The van der Waals surface area contributed by atoms with Crippen LogP contribution in [-0.4, -0.2) is 72.7 Å². The number of thiophene rings is 1. The molecule has 4 aliphatic rings. The first-order chi connectivity index (χ1) is 18.5. The number of fused-ring (bicyclic) bond motifs is 1. The summed E-state index contributed by atoms with van der Waals surface area (Å²) in [4.78, 5) is 44.1. The van der Waals surface area contributed by atoms with E-state index in [1.54, 1.807) is 9.80 Å². The van der Waals surface area contributed by atoms with Crippen LogP contribution >= 0.6 is 11.3 Å². The van der Waals surface area contributed by atoms with Crippen LogP contribution < -0.4 is 4.90 Å². The highest BCUT2D eigenvalue weighted by molar-refractivity contribution is 7.14. The van der Waals surface area contributed by atoms with E-state index in [1.165, 1.54) is 11.3 Å². The molecule has 10 heteroatoms. The Morgan fingerprint density at radius 1 is 1.05 bits per heavy atom. The predicted octanol–water partition coefficient (Wildman–Crippen LogP) is 5.27. The van der Waals surface area contributed by atoms with E-state index in [2.05, 4.69) is 27.7 Å². The summed E-state index contributed by atoms with van der Waals surface area (Å²) in [5.74, 6) is -0.388. The Morgan fingerprint density at radius 2 is 1.74 bits per heavy atom. The van der Waals surface area contributed by atoms with Gasteiger partial charge in [0.15, 0.2) is 6.29 Å². The van der Waals surface area contributed by atoms with Gasteiger partial charge in [-0.25, -0.2) is 9.59 Å². The van der Waals surface area contributed by atoms with Crippen LogP contribution in [-0.2, 0) is 24.4 Å². The molecule has 5 rings (SSSR count). The highest BCUT2D eigenvalue weighted by Crippen LogP contribution is 2.41. The third-order valence-corrected chi connectivity index (χ3v) is 10.4. The van der Waals surface area contributed by atoms with Gasteiger partial charge >= 0.3 is 12.1 Å². The van der Waals surface area contributed by atoms with Gasteiger partial charge in [-0.15, -0.1) is 11.3 Å². The summed E-state index contributed by atoms with van der Waals surface area (Å²) in [6, 6.07) is 1.74. The minimum atomic E-state index is -1.01. The first kappa shape index (κ1) is 28.4. The molecular weight excluding hydrogens is 520 g/mol. The van der Waals surface area contributed by atoms with Crippen molar-refractivity contribution < 1.29 is 33.7 Å². The average molecular weight is 563 g/mol. The van der Waals surface area contributed by atoms with Gasteiger partial charge in [-0.05, 0) is 62.3 Å². The van der Waals surface area contributed by atoms with Gasteiger partial charge in [0, 0.05) is 29.9 Å². The van der Waals surface area contributed by atoms with Crippen molar-refractivity contribution in [1.82, 2.24) is 4.90 Å². The van der Waals surface area contributed by atoms with Crippen LogP contribution in [0.3, 0.4) is 0 Å². The van der Waals surface area contributed by atoms with Crippen molar-refractivity contribution >= 4 is 35.0 Å². The normalized spacial score (nSPS) is 29.7. The summed E-state index contributed by atoms with van der Waals surface area (Å²) in [6.07, 6.45) is 4.71. The highest BCUT2D eigenvalue weighted by Gasteiger charge is 2.45. The summed E-state index contributed by atoms with van der Waals surface area (Å²) < 4.78 is 17.0. The fourth-order valence-electron chi connectivity index (χ4n) is 6.34. The van der Waals surface area contributed by atoms with Crippen LogP contribution in [0.4, 0.5) is 10.5 Å². The smallest absolute Gasteiger partial charge is 0.410 e. The molecule has 4 fully saturated rings. The number of anilines is 1. The van der Waals surface area contributed by atoms with Gasteiger partial charge in [-0.1, -0.05) is 27.7 Å². The standard InChI is InChI=1S/C29H42N2O7S/c1-17-5-7-18(8-6-17)25(32)31(21-15-23(29(2,3)4)39-24(21)26(33)34)19-9-12-30(13-10-19)28(35)38-22-16-37-27-20(22)11-14-36-27/h15,17-20,22,27H,5-14,16H2,1-4H3,(H,33,34)/t17-,18-,20-,22-,27+/m0/s1. The van der Waals surface area contributed by atoms with Crippen LogP contribution in [0, 0.1) is 17.8 Å². The van der Waals surface area contributed by atoms with Crippen LogP contribution in [0.1, 0.15) is 87.2 Å². The number of carbonyl (C=O) groups excluding carboxylic acids is 2.